The van der Waals surface area contributed by atoms with Gasteiger partial charge in [0.25, 0.3) is 0 Å². The highest BCUT2D eigenvalue weighted by atomic mass is 16.4. The summed E-state index contributed by atoms with van der Waals surface area (Å²) < 4.78 is 0. The SMILES string of the molecule is CN(C(=O)CC(C)(C)C(=O)O)C1CCc2ccccc21. The first kappa shape index (κ1) is 14.6. The number of carboxylic acid groups (broad SMARTS) is 1. The largest absolute Gasteiger partial charge is 0.481 e. The van der Waals surface area contributed by atoms with Gasteiger partial charge < -0.3 is 10.0 Å². The smallest absolute Gasteiger partial charge is 0.309 e. The number of hydrogen-bond acceptors (Lipinski definition) is 2. The maximum absolute atomic E-state index is 12.3. The Morgan fingerprint density at radius 3 is 2.65 bits per heavy atom. The van der Waals surface area contributed by atoms with Gasteiger partial charge in [-0.05, 0) is 37.8 Å². The molecule has 1 unspecified atom stereocenters. The third-order valence-electron chi connectivity index (χ3n) is 4.13. The molecule has 1 aliphatic rings. The van der Waals surface area contributed by atoms with Crippen LogP contribution in [0.1, 0.15) is 43.9 Å². The van der Waals surface area contributed by atoms with Crippen LogP contribution in [0.3, 0.4) is 0 Å². The molecule has 0 spiro atoms. The molecule has 1 N–H and O–H groups in total. The summed E-state index contributed by atoms with van der Waals surface area (Å²) in [5, 5.41) is 9.12. The van der Waals surface area contributed by atoms with Gasteiger partial charge in [-0.2, -0.15) is 0 Å². The number of amides is 1. The van der Waals surface area contributed by atoms with Crippen molar-refractivity contribution in [3.8, 4) is 0 Å². The van der Waals surface area contributed by atoms with Crippen LogP contribution in [-0.4, -0.2) is 28.9 Å². The van der Waals surface area contributed by atoms with Gasteiger partial charge >= 0.3 is 5.97 Å². The lowest BCUT2D eigenvalue weighted by Crippen LogP contribution is -2.36. The third-order valence-corrected chi connectivity index (χ3v) is 4.13. The van der Waals surface area contributed by atoms with E-state index < -0.39 is 11.4 Å². The van der Waals surface area contributed by atoms with Crippen LogP contribution in [0, 0.1) is 5.41 Å². The van der Waals surface area contributed by atoms with Crippen molar-refractivity contribution in [2.45, 2.75) is 39.2 Å². The first-order valence-corrected chi connectivity index (χ1v) is 6.90. The number of hydrogen-bond donors (Lipinski definition) is 1. The highest BCUT2D eigenvalue weighted by molar-refractivity contribution is 5.84. The Bertz CT molecular complexity index is 536. The molecule has 1 atom stereocenters. The first-order chi connectivity index (χ1) is 9.33. The lowest BCUT2D eigenvalue weighted by molar-refractivity contribution is -0.151. The van der Waals surface area contributed by atoms with E-state index in [0.717, 1.165) is 12.8 Å². The van der Waals surface area contributed by atoms with Gasteiger partial charge in [-0.1, -0.05) is 24.3 Å². The summed E-state index contributed by atoms with van der Waals surface area (Å²) in [6, 6.07) is 8.21. The van der Waals surface area contributed by atoms with Gasteiger partial charge in [0, 0.05) is 13.5 Å². The molecule has 20 heavy (non-hydrogen) atoms. The third kappa shape index (κ3) is 2.69. The fourth-order valence-corrected chi connectivity index (χ4v) is 2.69. The summed E-state index contributed by atoms with van der Waals surface area (Å²) in [4.78, 5) is 25.2. The quantitative estimate of drug-likeness (QED) is 0.919. The van der Waals surface area contributed by atoms with Crippen molar-refractivity contribution >= 4 is 11.9 Å². The molecule has 4 heteroatoms. The molecule has 0 bridgehead atoms. The number of carboxylic acids is 1. The highest BCUT2D eigenvalue weighted by Gasteiger charge is 2.34. The maximum atomic E-state index is 12.3. The van der Waals surface area contributed by atoms with Gasteiger partial charge in [0.15, 0.2) is 0 Å². The van der Waals surface area contributed by atoms with Crippen LogP contribution in [-0.2, 0) is 16.0 Å². The van der Waals surface area contributed by atoms with E-state index in [2.05, 4.69) is 12.1 Å². The molecule has 4 nitrogen and oxygen atoms in total. The standard InChI is InChI=1S/C16H21NO3/c1-16(2,15(19)20)10-14(18)17(3)13-9-8-11-6-4-5-7-12(11)13/h4-7,13H,8-10H2,1-3H3,(H,19,20). The van der Waals surface area contributed by atoms with Crippen LogP contribution >= 0.6 is 0 Å². The summed E-state index contributed by atoms with van der Waals surface area (Å²) in [6.45, 7) is 3.17. The summed E-state index contributed by atoms with van der Waals surface area (Å²) >= 11 is 0. The average Bonchev–Trinajstić information content (AvgIpc) is 2.80. The van der Waals surface area contributed by atoms with E-state index in [9.17, 15) is 9.59 Å². The molecule has 108 valence electrons. The number of aliphatic carboxylic acids is 1. The maximum Gasteiger partial charge on any atom is 0.309 e. The van der Waals surface area contributed by atoms with Gasteiger partial charge in [-0.3, -0.25) is 9.59 Å². The van der Waals surface area contributed by atoms with Gasteiger partial charge in [0.2, 0.25) is 5.91 Å². The van der Waals surface area contributed by atoms with E-state index in [0.29, 0.717) is 0 Å². The minimum atomic E-state index is -1.02. The zero-order chi connectivity index (χ0) is 14.9. The van der Waals surface area contributed by atoms with Gasteiger partial charge in [-0.25, -0.2) is 0 Å². The summed E-state index contributed by atoms with van der Waals surface area (Å²) in [5.74, 6) is -1.05. The zero-order valence-electron chi connectivity index (χ0n) is 12.2. The Hall–Kier alpha value is -1.84. The molecule has 0 radical (unpaired) electrons. The fourth-order valence-electron chi connectivity index (χ4n) is 2.69. The normalized spacial score (nSPS) is 17.6. The second kappa shape index (κ2) is 5.27. The topological polar surface area (TPSA) is 57.6 Å². The number of aryl methyl sites for hydroxylation is 1. The van der Waals surface area contributed by atoms with E-state index in [1.807, 2.05) is 12.1 Å². The molecule has 0 aromatic heterocycles. The van der Waals surface area contributed by atoms with Crippen molar-refractivity contribution in [1.82, 2.24) is 4.90 Å². The van der Waals surface area contributed by atoms with Crippen LogP contribution in [0.4, 0.5) is 0 Å². The molecule has 0 saturated heterocycles. The number of fused-ring (bicyclic) bond motifs is 1. The Labute approximate surface area is 119 Å². The van der Waals surface area contributed by atoms with Crippen molar-refractivity contribution in [3.05, 3.63) is 35.4 Å². The van der Waals surface area contributed by atoms with Crippen molar-refractivity contribution in [2.24, 2.45) is 5.41 Å². The second-order valence-electron chi connectivity index (χ2n) is 6.12. The van der Waals surface area contributed by atoms with Crippen LogP contribution in [0.2, 0.25) is 0 Å². The summed E-state index contributed by atoms with van der Waals surface area (Å²) in [7, 11) is 1.77. The monoisotopic (exact) mass is 275 g/mol. The molecule has 1 amide bonds. The Morgan fingerprint density at radius 1 is 1.35 bits per heavy atom. The molecule has 1 aliphatic carbocycles. The number of carbonyl (C=O) groups excluding carboxylic acids is 1. The average molecular weight is 275 g/mol. The van der Waals surface area contributed by atoms with E-state index >= 15 is 0 Å². The van der Waals surface area contributed by atoms with Gasteiger partial charge in [0.05, 0.1) is 11.5 Å². The van der Waals surface area contributed by atoms with Crippen LogP contribution in [0.15, 0.2) is 24.3 Å². The zero-order valence-corrected chi connectivity index (χ0v) is 12.2. The molecule has 0 heterocycles. The number of nitrogens with zero attached hydrogens (tertiary/aromatic N) is 1. The Kier molecular flexibility index (Phi) is 3.84. The number of benzene rings is 1. The molecular weight excluding hydrogens is 254 g/mol. The van der Waals surface area contributed by atoms with Crippen LogP contribution < -0.4 is 0 Å². The lowest BCUT2D eigenvalue weighted by Gasteiger charge is -2.28. The van der Waals surface area contributed by atoms with Crippen LogP contribution in [0.5, 0.6) is 0 Å². The Balaban J connectivity index is 2.11. The molecule has 0 aliphatic heterocycles. The van der Waals surface area contributed by atoms with E-state index in [4.69, 9.17) is 5.11 Å². The molecule has 1 aromatic carbocycles. The highest BCUT2D eigenvalue weighted by Crippen LogP contribution is 2.36. The van der Waals surface area contributed by atoms with Crippen LogP contribution in [0.25, 0.3) is 0 Å². The molecular formula is C16H21NO3. The Morgan fingerprint density at radius 2 is 2.00 bits per heavy atom. The molecule has 1 aromatic rings. The minimum Gasteiger partial charge on any atom is -0.481 e. The number of rotatable bonds is 4. The van der Waals surface area contributed by atoms with Gasteiger partial charge in [0.1, 0.15) is 0 Å². The fraction of sp³-hybridized carbons (Fsp3) is 0.500. The van der Waals surface area contributed by atoms with E-state index in [-0.39, 0.29) is 18.4 Å². The lowest BCUT2D eigenvalue weighted by atomic mass is 9.88. The van der Waals surface area contributed by atoms with Crippen molar-refractivity contribution in [2.75, 3.05) is 7.05 Å². The van der Waals surface area contributed by atoms with E-state index in [1.165, 1.54) is 11.1 Å². The minimum absolute atomic E-state index is 0.0253. The molecule has 2 rings (SSSR count). The van der Waals surface area contributed by atoms with Gasteiger partial charge in [-0.15, -0.1) is 0 Å². The predicted octanol–water partition coefficient (Wildman–Crippen LogP) is 2.63. The van der Waals surface area contributed by atoms with Crippen molar-refractivity contribution in [3.63, 3.8) is 0 Å². The van der Waals surface area contributed by atoms with Crippen molar-refractivity contribution in [1.29, 1.82) is 0 Å². The molecule has 0 saturated carbocycles. The second-order valence-corrected chi connectivity index (χ2v) is 6.12. The van der Waals surface area contributed by atoms with Crippen molar-refractivity contribution < 1.29 is 14.7 Å². The summed E-state index contributed by atoms with van der Waals surface area (Å²) in [6.07, 6.45) is 1.91. The predicted molar refractivity (Wildman–Crippen MR) is 76.3 cm³/mol. The summed E-state index contributed by atoms with van der Waals surface area (Å²) in [5.41, 5.74) is 1.45. The first-order valence-electron chi connectivity index (χ1n) is 6.90. The van der Waals surface area contributed by atoms with E-state index in [1.54, 1.807) is 25.8 Å². The number of carbonyl (C=O) groups is 2. The molecule has 0 fully saturated rings.